The second kappa shape index (κ2) is 6.71. The third kappa shape index (κ3) is 3.35. The summed E-state index contributed by atoms with van der Waals surface area (Å²) in [5.41, 5.74) is 2.80. The van der Waals surface area contributed by atoms with Crippen molar-refractivity contribution >= 4 is 12.0 Å². The molecule has 1 N–H and O–H groups in total. The topological polar surface area (TPSA) is 40.5 Å². The third-order valence-electron chi connectivity index (χ3n) is 3.98. The van der Waals surface area contributed by atoms with E-state index in [4.69, 9.17) is 0 Å². The first-order valence-electron chi connectivity index (χ1n) is 7.19. The SMILES string of the molecule is Cc1ccc(N(CCO)C2CCCCC2)c(C=O)c1. The molecule has 0 saturated heterocycles. The minimum atomic E-state index is 0.128. The Morgan fingerprint density at radius 1 is 1.32 bits per heavy atom. The number of nitrogens with zero attached hydrogens (tertiary/aromatic N) is 1. The molecule has 0 unspecified atom stereocenters. The van der Waals surface area contributed by atoms with Gasteiger partial charge in [-0.05, 0) is 31.9 Å². The van der Waals surface area contributed by atoms with Crippen LogP contribution < -0.4 is 4.90 Å². The summed E-state index contributed by atoms with van der Waals surface area (Å²) in [4.78, 5) is 13.5. The minimum absolute atomic E-state index is 0.128. The van der Waals surface area contributed by atoms with Crippen molar-refractivity contribution in [3.8, 4) is 0 Å². The van der Waals surface area contributed by atoms with E-state index in [9.17, 15) is 9.90 Å². The minimum Gasteiger partial charge on any atom is -0.395 e. The molecule has 0 atom stereocenters. The second-order valence-electron chi connectivity index (χ2n) is 5.39. The summed E-state index contributed by atoms with van der Waals surface area (Å²) in [5.74, 6) is 0. The van der Waals surface area contributed by atoms with E-state index in [1.54, 1.807) is 0 Å². The van der Waals surface area contributed by atoms with Crippen LogP contribution >= 0.6 is 0 Å². The number of aliphatic hydroxyl groups is 1. The van der Waals surface area contributed by atoms with Crippen molar-refractivity contribution in [3.05, 3.63) is 29.3 Å². The van der Waals surface area contributed by atoms with E-state index in [0.29, 0.717) is 12.6 Å². The van der Waals surface area contributed by atoms with E-state index in [-0.39, 0.29) is 6.61 Å². The van der Waals surface area contributed by atoms with Gasteiger partial charge in [0.25, 0.3) is 0 Å². The lowest BCUT2D eigenvalue weighted by atomic mass is 9.93. The normalized spacial score (nSPS) is 16.3. The van der Waals surface area contributed by atoms with Gasteiger partial charge in [-0.25, -0.2) is 0 Å². The standard InChI is InChI=1S/C16H23NO2/c1-13-7-8-16(14(11-13)12-19)17(9-10-18)15-5-3-2-4-6-15/h7-8,11-12,15,18H,2-6,9-10H2,1H3. The van der Waals surface area contributed by atoms with Gasteiger partial charge in [0.1, 0.15) is 0 Å². The zero-order chi connectivity index (χ0) is 13.7. The number of hydrogen-bond acceptors (Lipinski definition) is 3. The molecule has 3 nitrogen and oxygen atoms in total. The molecule has 104 valence electrons. The molecule has 1 aromatic rings. The zero-order valence-corrected chi connectivity index (χ0v) is 11.6. The summed E-state index contributed by atoms with van der Waals surface area (Å²) < 4.78 is 0. The van der Waals surface area contributed by atoms with E-state index >= 15 is 0 Å². The number of aryl methyl sites for hydroxylation is 1. The van der Waals surface area contributed by atoms with Crippen LogP contribution in [0.15, 0.2) is 18.2 Å². The molecule has 2 rings (SSSR count). The van der Waals surface area contributed by atoms with E-state index in [1.807, 2.05) is 25.1 Å². The predicted octanol–water partition coefficient (Wildman–Crippen LogP) is 2.94. The summed E-state index contributed by atoms with van der Waals surface area (Å²) >= 11 is 0. The number of carbonyl (C=O) groups excluding carboxylic acids is 1. The number of aldehydes is 1. The fourth-order valence-electron chi connectivity index (χ4n) is 3.03. The highest BCUT2D eigenvalue weighted by molar-refractivity contribution is 5.85. The maximum atomic E-state index is 11.3. The van der Waals surface area contributed by atoms with Crippen LogP contribution in [0.3, 0.4) is 0 Å². The molecular weight excluding hydrogens is 238 g/mol. The van der Waals surface area contributed by atoms with Gasteiger partial charge in [0.05, 0.1) is 6.61 Å². The number of carbonyl (C=O) groups is 1. The van der Waals surface area contributed by atoms with E-state index in [2.05, 4.69) is 4.90 Å². The summed E-state index contributed by atoms with van der Waals surface area (Å²) in [6.07, 6.45) is 7.04. The Labute approximate surface area is 115 Å². The highest BCUT2D eigenvalue weighted by Crippen LogP contribution is 2.29. The van der Waals surface area contributed by atoms with Crippen LogP contribution in [0.2, 0.25) is 0 Å². The van der Waals surface area contributed by atoms with Gasteiger partial charge in [0.15, 0.2) is 6.29 Å². The highest BCUT2D eigenvalue weighted by atomic mass is 16.3. The zero-order valence-electron chi connectivity index (χ0n) is 11.6. The van der Waals surface area contributed by atoms with Gasteiger partial charge >= 0.3 is 0 Å². The Hall–Kier alpha value is -1.35. The Balaban J connectivity index is 2.29. The Morgan fingerprint density at radius 3 is 2.68 bits per heavy atom. The first-order chi connectivity index (χ1) is 9.26. The number of hydrogen-bond donors (Lipinski definition) is 1. The van der Waals surface area contributed by atoms with E-state index in [0.717, 1.165) is 35.9 Å². The van der Waals surface area contributed by atoms with Crippen LogP contribution in [0.1, 0.15) is 48.0 Å². The number of benzene rings is 1. The molecule has 1 aliphatic rings. The van der Waals surface area contributed by atoms with Crippen molar-refractivity contribution in [2.24, 2.45) is 0 Å². The van der Waals surface area contributed by atoms with Gasteiger partial charge < -0.3 is 10.0 Å². The Bertz CT molecular complexity index is 425. The predicted molar refractivity (Wildman–Crippen MR) is 77.9 cm³/mol. The van der Waals surface area contributed by atoms with Crippen LogP contribution in [0.5, 0.6) is 0 Å². The van der Waals surface area contributed by atoms with Crippen molar-refractivity contribution in [3.63, 3.8) is 0 Å². The first-order valence-corrected chi connectivity index (χ1v) is 7.19. The van der Waals surface area contributed by atoms with Crippen LogP contribution in [-0.4, -0.2) is 30.6 Å². The van der Waals surface area contributed by atoms with Gasteiger partial charge in [0, 0.05) is 23.8 Å². The molecule has 0 radical (unpaired) electrons. The molecule has 0 amide bonds. The van der Waals surface area contributed by atoms with E-state index in [1.165, 1.54) is 19.3 Å². The molecular formula is C16H23NO2. The van der Waals surface area contributed by atoms with Gasteiger partial charge in [-0.15, -0.1) is 0 Å². The lowest BCUT2D eigenvalue weighted by Gasteiger charge is -2.36. The van der Waals surface area contributed by atoms with Gasteiger partial charge in [-0.2, -0.15) is 0 Å². The van der Waals surface area contributed by atoms with Crippen LogP contribution in [-0.2, 0) is 0 Å². The van der Waals surface area contributed by atoms with Crippen molar-refractivity contribution in [2.75, 3.05) is 18.1 Å². The molecule has 0 heterocycles. The molecule has 0 bridgehead atoms. The quantitative estimate of drug-likeness (QED) is 0.828. The molecule has 1 aliphatic carbocycles. The molecule has 3 heteroatoms. The average Bonchev–Trinajstić information content (AvgIpc) is 2.46. The van der Waals surface area contributed by atoms with Crippen LogP contribution in [0, 0.1) is 6.92 Å². The summed E-state index contributed by atoms with van der Waals surface area (Å²) in [5, 5.41) is 9.32. The molecule has 19 heavy (non-hydrogen) atoms. The van der Waals surface area contributed by atoms with Crippen LogP contribution in [0.4, 0.5) is 5.69 Å². The lowest BCUT2D eigenvalue weighted by Crippen LogP contribution is -2.39. The van der Waals surface area contributed by atoms with Gasteiger partial charge in [-0.3, -0.25) is 4.79 Å². The van der Waals surface area contributed by atoms with Crippen LogP contribution in [0.25, 0.3) is 0 Å². The molecule has 1 aromatic carbocycles. The number of rotatable bonds is 5. The summed E-state index contributed by atoms with van der Waals surface area (Å²) in [6.45, 7) is 2.73. The Kier molecular flexibility index (Phi) is 4.97. The Morgan fingerprint density at radius 2 is 2.05 bits per heavy atom. The van der Waals surface area contributed by atoms with Gasteiger partial charge in [0.2, 0.25) is 0 Å². The molecule has 0 aliphatic heterocycles. The fourth-order valence-corrected chi connectivity index (χ4v) is 3.03. The van der Waals surface area contributed by atoms with Crippen molar-refractivity contribution in [2.45, 2.75) is 45.1 Å². The van der Waals surface area contributed by atoms with E-state index < -0.39 is 0 Å². The first kappa shape index (κ1) is 14.1. The highest BCUT2D eigenvalue weighted by Gasteiger charge is 2.22. The maximum absolute atomic E-state index is 11.3. The average molecular weight is 261 g/mol. The second-order valence-corrected chi connectivity index (χ2v) is 5.39. The smallest absolute Gasteiger partial charge is 0.152 e. The summed E-state index contributed by atoms with van der Waals surface area (Å²) in [7, 11) is 0. The van der Waals surface area contributed by atoms with Crippen molar-refractivity contribution in [1.29, 1.82) is 0 Å². The molecule has 0 aromatic heterocycles. The third-order valence-corrected chi connectivity index (χ3v) is 3.98. The monoisotopic (exact) mass is 261 g/mol. The number of aliphatic hydroxyl groups excluding tert-OH is 1. The molecule has 1 fully saturated rings. The largest absolute Gasteiger partial charge is 0.395 e. The molecule has 0 spiro atoms. The summed E-state index contributed by atoms with van der Waals surface area (Å²) in [6, 6.07) is 6.44. The molecule has 1 saturated carbocycles. The van der Waals surface area contributed by atoms with Crippen molar-refractivity contribution in [1.82, 2.24) is 0 Å². The maximum Gasteiger partial charge on any atom is 0.152 e. The number of anilines is 1. The van der Waals surface area contributed by atoms with Gasteiger partial charge in [-0.1, -0.05) is 30.9 Å². The fraction of sp³-hybridized carbons (Fsp3) is 0.562. The lowest BCUT2D eigenvalue weighted by molar-refractivity contribution is 0.112. The van der Waals surface area contributed by atoms with Crippen molar-refractivity contribution < 1.29 is 9.90 Å².